The van der Waals surface area contributed by atoms with Crippen molar-refractivity contribution in [3.63, 3.8) is 0 Å². The number of amides is 2. The lowest BCUT2D eigenvalue weighted by Gasteiger charge is -2.34. The van der Waals surface area contributed by atoms with Gasteiger partial charge in [0.1, 0.15) is 11.4 Å². The maximum absolute atomic E-state index is 13.5. The minimum absolute atomic E-state index is 0.0991. The van der Waals surface area contributed by atoms with Gasteiger partial charge >= 0.3 is 6.09 Å². The largest absolute Gasteiger partial charge is 0.450 e. The summed E-state index contributed by atoms with van der Waals surface area (Å²) in [7, 11) is 1.96. The quantitative estimate of drug-likeness (QED) is 0.649. The van der Waals surface area contributed by atoms with Crippen molar-refractivity contribution in [2.24, 2.45) is 7.05 Å². The summed E-state index contributed by atoms with van der Waals surface area (Å²) in [5.41, 5.74) is 4.12. The van der Waals surface area contributed by atoms with Crippen LogP contribution in [-0.2, 0) is 11.8 Å². The Labute approximate surface area is 181 Å². The molecule has 4 rings (SSSR count). The van der Waals surface area contributed by atoms with E-state index in [0.717, 1.165) is 22.6 Å². The Bertz CT molecular complexity index is 1090. The van der Waals surface area contributed by atoms with Crippen molar-refractivity contribution in [1.29, 1.82) is 0 Å². The molecule has 0 atom stereocenters. The second-order valence-electron chi connectivity index (χ2n) is 7.65. The van der Waals surface area contributed by atoms with E-state index in [1.807, 2.05) is 67.2 Å². The number of rotatable bonds is 4. The van der Waals surface area contributed by atoms with Gasteiger partial charge in [-0.25, -0.2) is 9.48 Å². The molecule has 1 fully saturated rings. The van der Waals surface area contributed by atoms with Crippen molar-refractivity contribution >= 4 is 12.0 Å². The molecule has 162 valence electrons. The van der Waals surface area contributed by atoms with Crippen molar-refractivity contribution in [3.8, 4) is 17.1 Å². The first-order valence-corrected chi connectivity index (χ1v) is 10.5. The van der Waals surface area contributed by atoms with E-state index in [0.29, 0.717) is 38.5 Å². The summed E-state index contributed by atoms with van der Waals surface area (Å²) in [5, 5.41) is 4.77. The van der Waals surface area contributed by atoms with Crippen LogP contribution in [0.4, 0.5) is 4.79 Å². The topological polar surface area (TPSA) is 72.6 Å². The highest BCUT2D eigenvalue weighted by Gasteiger charge is 2.28. The molecule has 8 nitrogen and oxygen atoms in total. The first-order valence-electron chi connectivity index (χ1n) is 10.5. The molecule has 0 bridgehead atoms. The van der Waals surface area contributed by atoms with Crippen LogP contribution >= 0.6 is 0 Å². The van der Waals surface area contributed by atoms with Gasteiger partial charge in [0.25, 0.3) is 5.91 Å². The number of benzene rings is 1. The SMILES string of the molecule is CCOC(=O)N1CCN(C(=O)c2cc(-c3cccn3C)nn2-c2cccc(C)c2)CC1. The van der Waals surface area contributed by atoms with Crippen molar-refractivity contribution in [2.75, 3.05) is 32.8 Å². The van der Waals surface area contributed by atoms with Gasteiger partial charge in [-0.1, -0.05) is 12.1 Å². The molecular formula is C23H27N5O3. The molecule has 2 amide bonds. The van der Waals surface area contributed by atoms with Crippen molar-refractivity contribution in [2.45, 2.75) is 13.8 Å². The standard InChI is InChI=1S/C23H27N5O3/c1-4-31-23(30)27-13-11-26(12-14-27)22(29)21-16-19(20-9-6-10-25(20)3)24-28(21)18-8-5-7-17(2)15-18/h5-10,15-16H,4,11-14H2,1-3H3. The van der Waals surface area contributed by atoms with E-state index < -0.39 is 0 Å². The predicted molar refractivity (Wildman–Crippen MR) is 117 cm³/mol. The molecule has 8 heteroatoms. The van der Waals surface area contributed by atoms with Crippen LogP contribution in [0.5, 0.6) is 0 Å². The molecule has 0 unspecified atom stereocenters. The van der Waals surface area contributed by atoms with Crippen molar-refractivity contribution in [1.82, 2.24) is 24.1 Å². The molecule has 0 radical (unpaired) electrons. The second kappa shape index (κ2) is 8.67. The molecule has 0 N–H and O–H groups in total. The maximum atomic E-state index is 13.5. The van der Waals surface area contributed by atoms with Crippen LogP contribution in [0, 0.1) is 6.92 Å². The fourth-order valence-corrected chi connectivity index (χ4v) is 3.81. The van der Waals surface area contributed by atoms with Gasteiger partial charge in [-0.2, -0.15) is 5.10 Å². The van der Waals surface area contributed by atoms with E-state index in [9.17, 15) is 9.59 Å². The Balaban J connectivity index is 1.64. The Kier molecular flexibility index (Phi) is 5.79. The van der Waals surface area contributed by atoms with E-state index >= 15 is 0 Å². The molecule has 1 saturated heterocycles. The molecular weight excluding hydrogens is 394 g/mol. The maximum Gasteiger partial charge on any atom is 0.409 e. The molecule has 1 aromatic carbocycles. The number of ether oxygens (including phenoxy) is 1. The highest BCUT2D eigenvalue weighted by Crippen LogP contribution is 2.24. The van der Waals surface area contributed by atoms with Crippen LogP contribution in [0.3, 0.4) is 0 Å². The van der Waals surface area contributed by atoms with Crippen LogP contribution in [0.1, 0.15) is 23.0 Å². The highest BCUT2D eigenvalue weighted by atomic mass is 16.6. The van der Waals surface area contributed by atoms with E-state index in [4.69, 9.17) is 9.84 Å². The van der Waals surface area contributed by atoms with Gasteiger partial charge in [0.05, 0.1) is 18.0 Å². The summed E-state index contributed by atoms with van der Waals surface area (Å²) in [6, 6.07) is 13.7. The summed E-state index contributed by atoms with van der Waals surface area (Å²) in [5.74, 6) is -0.0991. The van der Waals surface area contributed by atoms with Gasteiger partial charge in [0.15, 0.2) is 0 Å². The normalized spacial score (nSPS) is 14.0. The third-order valence-electron chi connectivity index (χ3n) is 5.47. The zero-order valence-corrected chi connectivity index (χ0v) is 18.1. The van der Waals surface area contributed by atoms with Crippen LogP contribution in [0.25, 0.3) is 17.1 Å². The number of nitrogens with zero attached hydrogens (tertiary/aromatic N) is 5. The second-order valence-corrected chi connectivity index (χ2v) is 7.65. The van der Waals surface area contributed by atoms with E-state index in [2.05, 4.69) is 0 Å². The van der Waals surface area contributed by atoms with E-state index in [1.54, 1.807) is 21.4 Å². The number of piperazine rings is 1. The fraction of sp³-hybridized carbons (Fsp3) is 0.348. The molecule has 3 heterocycles. The van der Waals surface area contributed by atoms with Gasteiger partial charge in [0, 0.05) is 39.4 Å². The van der Waals surface area contributed by atoms with Gasteiger partial charge in [0.2, 0.25) is 0 Å². The van der Waals surface area contributed by atoms with Crippen molar-refractivity contribution in [3.05, 3.63) is 59.9 Å². The lowest BCUT2D eigenvalue weighted by Crippen LogP contribution is -2.51. The first-order chi connectivity index (χ1) is 15.0. The molecule has 0 aliphatic carbocycles. The average Bonchev–Trinajstić information content (AvgIpc) is 3.40. The lowest BCUT2D eigenvalue weighted by atomic mass is 10.2. The molecule has 0 spiro atoms. The van der Waals surface area contributed by atoms with Gasteiger partial charge in [-0.05, 0) is 49.7 Å². The van der Waals surface area contributed by atoms with Crippen LogP contribution in [0.15, 0.2) is 48.7 Å². The highest BCUT2D eigenvalue weighted by molar-refractivity contribution is 5.94. The fourth-order valence-electron chi connectivity index (χ4n) is 3.81. The summed E-state index contributed by atoms with van der Waals surface area (Å²) in [6.07, 6.45) is 1.63. The molecule has 31 heavy (non-hydrogen) atoms. The van der Waals surface area contributed by atoms with E-state index in [-0.39, 0.29) is 12.0 Å². The lowest BCUT2D eigenvalue weighted by molar-refractivity contribution is 0.0563. The zero-order chi connectivity index (χ0) is 22.0. The molecule has 3 aromatic rings. The number of carbonyl (C=O) groups excluding carboxylic acids is 2. The Morgan fingerprint density at radius 3 is 2.42 bits per heavy atom. The number of carbonyl (C=O) groups is 2. The number of aryl methyl sites for hydroxylation is 2. The van der Waals surface area contributed by atoms with Crippen molar-refractivity contribution < 1.29 is 14.3 Å². The third-order valence-corrected chi connectivity index (χ3v) is 5.47. The minimum atomic E-state index is -0.328. The van der Waals surface area contributed by atoms with E-state index in [1.165, 1.54) is 0 Å². The summed E-state index contributed by atoms with van der Waals surface area (Å²) >= 11 is 0. The summed E-state index contributed by atoms with van der Waals surface area (Å²) in [6.45, 7) is 5.96. The third kappa shape index (κ3) is 4.19. The number of hydrogen-bond donors (Lipinski definition) is 0. The molecule has 1 aliphatic rings. The first kappa shape index (κ1) is 20.7. The number of hydrogen-bond acceptors (Lipinski definition) is 4. The predicted octanol–water partition coefficient (Wildman–Crippen LogP) is 3.10. The molecule has 1 aliphatic heterocycles. The molecule has 0 saturated carbocycles. The zero-order valence-electron chi connectivity index (χ0n) is 18.1. The van der Waals surface area contributed by atoms with Crippen LogP contribution in [0.2, 0.25) is 0 Å². The Hall–Kier alpha value is -3.55. The average molecular weight is 422 g/mol. The summed E-state index contributed by atoms with van der Waals surface area (Å²) in [4.78, 5) is 28.8. The molecule has 2 aromatic heterocycles. The monoisotopic (exact) mass is 421 g/mol. The number of aromatic nitrogens is 3. The summed E-state index contributed by atoms with van der Waals surface area (Å²) < 4.78 is 8.77. The van der Waals surface area contributed by atoms with Crippen LogP contribution < -0.4 is 0 Å². The smallest absolute Gasteiger partial charge is 0.409 e. The van der Waals surface area contributed by atoms with Crippen LogP contribution in [-0.4, -0.2) is 68.9 Å². The Morgan fingerprint density at radius 1 is 1.03 bits per heavy atom. The van der Waals surface area contributed by atoms with Gasteiger partial charge in [-0.3, -0.25) is 4.79 Å². The Morgan fingerprint density at radius 2 is 1.77 bits per heavy atom. The van der Waals surface area contributed by atoms with Gasteiger partial charge in [-0.15, -0.1) is 0 Å². The minimum Gasteiger partial charge on any atom is -0.450 e. The van der Waals surface area contributed by atoms with Gasteiger partial charge < -0.3 is 19.1 Å².